The van der Waals surface area contributed by atoms with Crippen LogP contribution in [0.25, 0.3) is 6.08 Å². The fourth-order valence-electron chi connectivity index (χ4n) is 3.09. The van der Waals surface area contributed by atoms with Crippen LogP contribution in [0.5, 0.6) is 11.5 Å². The molecule has 0 aliphatic heterocycles. The Hall–Kier alpha value is -4.28. The smallest absolute Gasteiger partial charge is 0.266 e. The summed E-state index contributed by atoms with van der Waals surface area (Å²) in [6.45, 7) is 3.81. The number of hydrogen-bond acceptors (Lipinski definition) is 5. The maximum Gasteiger partial charge on any atom is 0.266 e. The topological polar surface area (TPSA) is 100 Å². The summed E-state index contributed by atoms with van der Waals surface area (Å²) in [6.07, 6.45) is 1.47. The minimum atomic E-state index is -0.515. The van der Waals surface area contributed by atoms with Crippen molar-refractivity contribution in [3.05, 3.63) is 88.5 Å². The van der Waals surface area contributed by atoms with E-state index < -0.39 is 5.91 Å². The van der Waals surface area contributed by atoms with Crippen LogP contribution in [0.1, 0.15) is 18.1 Å². The van der Waals surface area contributed by atoms with Gasteiger partial charge in [0.25, 0.3) is 11.8 Å². The number of aryl methyl sites for hydroxylation is 1. The van der Waals surface area contributed by atoms with Crippen LogP contribution in [0.15, 0.2) is 72.3 Å². The van der Waals surface area contributed by atoms with Crippen molar-refractivity contribution < 1.29 is 19.1 Å². The first-order valence-corrected chi connectivity index (χ1v) is 11.2. The zero-order valence-corrected chi connectivity index (χ0v) is 20.1. The van der Waals surface area contributed by atoms with Crippen molar-refractivity contribution in [2.45, 2.75) is 13.8 Å². The lowest BCUT2D eigenvalue weighted by molar-refractivity contribution is -0.118. The zero-order valence-electron chi connectivity index (χ0n) is 19.3. The standard InChI is InChI=1S/C27H24ClN3O4/c1-3-34-25-15-19(14-20(16-29)27(33)31-23-7-5-4-6-18(23)2)8-13-24(25)35-17-26(32)30-22-11-9-21(28)10-12-22/h4-15H,3,17H2,1-2H3,(H,30,32)(H,31,33)/b20-14+. The number of para-hydroxylation sites is 1. The Labute approximate surface area is 208 Å². The van der Waals surface area contributed by atoms with E-state index in [2.05, 4.69) is 10.6 Å². The predicted molar refractivity (Wildman–Crippen MR) is 137 cm³/mol. The van der Waals surface area contributed by atoms with Crippen LogP contribution in [0.2, 0.25) is 5.02 Å². The van der Waals surface area contributed by atoms with E-state index in [1.165, 1.54) is 6.08 Å². The molecule has 2 amide bonds. The van der Waals surface area contributed by atoms with Crippen molar-refractivity contribution in [1.29, 1.82) is 5.26 Å². The van der Waals surface area contributed by atoms with Crippen molar-refractivity contribution >= 4 is 40.9 Å². The highest BCUT2D eigenvalue weighted by Crippen LogP contribution is 2.29. The molecule has 0 fully saturated rings. The number of nitriles is 1. The molecule has 3 rings (SSSR count). The lowest BCUT2D eigenvalue weighted by Gasteiger charge is -2.13. The van der Waals surface area contributed by atoms with Gasteiger partial charge in [0.05, 0.1) is 6.61 Å². The molecule has 0 saturated carbocycles. The maximum atomic E-state index is 12.6. The van der Waals surface area contributed by atoms with Crippen LogP contribution in [0, 0.1) is 18.3 Å². The molecule has 0 aromatic heterocycles. The average Bonchev–Trinajstić information content (AvgIpc) is 2.85. The number of carbonyl (C=O) groups is 2. The van der Waals surface area contributed by atoms with Crippen LogP contribution < -0.4 is 20.1 Å². The molecule has 3 aromatic rings. The summed E-state index contributed by atoms with van der Waals surface area (Å²) in [5.41, 5.74) is 2.63. The van der Waals surface area contributed by atoms with Crippen LogP contribution >= 0.6 is 11.6 Å². The molecule has 2 N–H and O–H groups in total. The van der Waals surface area contributed by atoms with Crippen molar-refractivity contribution in [2.24, 2.45) is 0 Å². The predicted octanol–water partition coefficient (Wildman–Crippen LogP) is 5.61. The molecule has 0 bridgehead atoms. The molecule has 178 valence electrons. The van der Waals surface area contributed by atoms with Gasteiger partial charge in [0.15, 0.2) is 18.1 Å². The van der Waals surface area contributed by atoms with E-state index in [9.17, 15) is 14.9 Å². The third kappa shape index (κ3) is 7.36. The van der Waals surface area contributed by atoms with Gasteiger partial charge in [0.2, 0.25) is 0 Å². The van der Waals surface area contributed by atoms with Crippen LogP contribution in [-0.2, 0) is 9.59 Å². The summed E-state index contributed by atoms with van der Waals surface area (Å²) in [7, 11) is 0. The summed E-state index contributed by atoms with van der Waals surface area (Å²) < 4.78 is 11.3. The summed E-state index contributed by atoms with van der Waals surface area (Å²) in [4.78, 5) is 24.9. The second-order valence-electron chi connectivity index (χ2n) is 7.42. The molecule has 0 saturated heterocycles. The van der Waals surface area contributed by atoms with E-state index in [-0.39, 0.29) is 18.1 Å². The second kappa shape index (κ2) is 12.3. The van der Waals surface area contributed by atoms with Gasteiger partial charge in [-0.25, -0.2) is 0 Å². The van der Waals surface area contributed by atoms with Crippen molar-refractivity contribution in [2.75, 3.05) is 23.8 Å². The molecule has 0 unspecified atom stereocenters. The Kier molecular flexibility index (Phi) is 8.88. The van der Waals surface area contributed by atoms with Crippen LogP contribution in [0.3, 0.4) is 0 Å². The monoisotopic (exact) mass is 489 g/mol. The normalized spacial score (nSPS) is 10.7. The van der Waals surface area contributed by atoms with Gasteiger partial charge >= 0.3 is 0 Å². The summed E-state index contributed by atoms with van der Waals surface area (Å²) >= 11 is 5.85. The number of ether oxygens (including phenoxy) is 2. The molecule has 3 aromatic carbocycles. The number of halogens is 1. The molecule has 7 nitrogen and oxygen atoms in total. The highest BCUT2D eigenvalue weighted by Gasteiger charge is 2.13. The lowest BCUT2D eigenvalue weighted by atomic mass is 10.1. The van der Waals surface area contributed by atoms with E-state index in [1.807, 2.05) is 32.0 Å². The van der Waals surface area contributed by atoms with Gasteiger partial charge < -0.3 is 20.1 Å². The van der Waals surface area contributed by atoms with Crippen molar-refractivity contribution in [3.63, 3.8) is 0 Å². The number of hydrogen-bond donors (Lipinski definition) is 2. The van der Waals surface area contributed by atoms with Gasteiger partial charge in [-0.3, -0.25) is 9.59 Å². The zero-order chi connectivity index (χ0) is 25.2. The van der Waals surface area contributed by atoms with E-state index in [0.717, 1.165) is 5.56 Å². The van der Waals surface area contributed by atoms with E-state index in [1.54, 1.807) is 54.6 Å². The average molecular weight is 490 g/mol. The number of benzene rings is 3. The number of nitrogens with zero attached hydrogens (tertiary/aromatic N) is 1. The van der Waals surface area contributed by atoms with E-state index in [0.29, 0.717) is 40.1 Å². The fourth-order valence-corrected chi connectivity index (χ4v) is 3.22. The quantitative estimate of drug-likeness (QED) is 0.300. The second-order valence-corrected chi connectivity index (χ2v) is 7.86. The molecule has 0 heterocycles. The van der Waals surface area contributed by atoms with Crippen LogP contribution in [0.4, 0.5) is 11.4 Å². The van der Waals surface area contributed by atoms with Crippen LogP contribution in [-0.4, -0.2) is 25.0 Å². The van der Waals surface area contributed by atoms with Gasteiger partial charge in [-0.05, 0) is 73.5 Å². The molecule has 0 atom stereocenters. The Morgan fingerprint density at radius 1 is 1.00 bits per heavy atom. The summed E-state index contributed by atoms with van der Waals surface area (Å²) in [5, 5.41) is 15.6. The molecular weight excluding hydrogens is 466 g/mol. The molecular formula is C27H24ClN3O4. The Balaban J connectivity index is 1.71. The van der Waals surface area contributed by atoms with Gasteiger partial charge in [-0.15, -0.1) is 0 Å². The highest BCUT2D eigenvalue weighted by atomic mass is 35.5. The van der Waals surface area contributed by atoms with Gasteiger partial charge in [0.1, 0.15) is 11.6 Å². The van der Waals surface area contributed by atoms with E-state index in [4.69, 9.17) is 21.1 Å². The molecule has 8 heteroatoms. The van der Waals surface area contributed by atoms with Gasteiger partial charge in [-0.2, -0.15) is 5.26 Å². The highest BCUT2D eigenvalue weighted by molar-refractivity contribution is 6.30. The minimum Gasteiger partial charge on any atom is -0.490 e. The Bertz CT molecular complexity index is 1280. The minimum absolute atomic E-state index is 0.0632. The largest absolute Gasteiger partial charge is 0.490 e. The first kappa shape index (κ1) is 25.3. The summed E-state index contributed by atoms with van der Waals surface area (Å²) in [6, 6.07) is 20.9. The number of carbonyl (C=O) groups excluding carboxylic acids is 2. The maximum absolute atomic E-state index is 12.6. The molecule has 0 aliphatic rings. The molecule has 0 radical (unpaired) electrons. The first-order chi connectivity index (χ1) is 16.9. The van der Waals surface area contributed by atoms with Crippen molar-refractivity contribution in [1.82, 2.24) is 0 Å². The van der Waals surface area contributed by atoms with Gasteiger partial charge in [0, 0.05) is 16.4 Å². The third-order valence-corrected chi connectivity index (χ3v) is 5.08. The third-order valence-electron chi connectivity index (χ3n) is 4.82. The first-order valence-electron chi connectivity index (χ1n) is 10.8. The number of nitrogens with one attached hydrogen (secondary N) is 2. The fraction of sp³-hybridized carbons (Fsp3) is 0.148. The Morgan fingerprint density at radius 2 is 1.74 bits per heavy atom. The Morgan fingerprint density at radius 3 is 2.43 bits per heavy atom. The number of amides is 2. The SMILES string of the molecule is CCOc1cc(/C=C(\C#N)C(=O)Nc2ccccc2C)ccc1OCC(=O)Nc1ccc(Cl)cc1. The summed E-state index contributed by atoms with van der Waals surface area (Å²) in [5.74, 6) is -0.118. The van der Waals surface area contributed by atoms with Gasteiger partial charge in [-0.1, -0.05) is 35.9 Å². The van der Waals surface area contributed by atoms with Crippen molar-refractivity contribution in [3.8, 4) is 17.6 Å². The molecule has 0 spiro atoms. The van der Waals surface area contributed by atoms with E-state index >= 15 is 0 Å². The molecule has 0 aliphatic carbocycles. The number of rotatable bonds is 9. The number of anilines is 2. The molecule has 35 heavy (non-hydrogen) atoms. The lowest BCUT2D eigenvalue weighted by Crippen LogP contribution is -2.20.